The van der Waals surface area contributed by atoms with Gasteiger partial charge in [0.05, 0.1) is 6.20 Å². The maximum Gasteiger partial charge on any atom is 0.287 e. The molecule has 6 nitrogen and oxygen atoms in total. The van der Waals surface area contributed by atoms with E-state index in [-0.39, 0.29) is 17.1 Å². The lowest BCUT2D eigenvalue weighted by Crippen LogP contribution is -2.36. The SMILES string of the molecule is CCC1=CC=C(CC(C)=O)CC=C1.CCCC.CCCC(C)(CCC)C(C)CNC(=O)c1cc2ccncc2o1.CCCOC. The molecule has 1 atom stereocenters. The minimum Gasteiger partial charge on any atom is -0.449 e. The quantitative estimate of drug-likeness (QED) is 0.226. The molecule has 0 radical (unpaired) electrons. The molecule has 6 heteroatoms. The van der Waals surface area contributed by atoms with Crippen LogP contribution in [0.25, 0.3) is 11.0 Å². The van der Waals surface area contributed by atoms with Gasteiger partial charge in [-0.05, 0) is 68.1 Å². The second kappa shape index (κ2) is 25.2. The number of hydrogen-bond acceptors (Lipinski definition) is 5. The van der Waals surface area contributed by atoms with Gasteiger partial charge in [-0.3, -0.25) is 14.6 Å². The Morgan fingerprint density at radius 3 is 2.18 bits per heavy atom. The highest BCUT2D eigenvalue weighted by Crippen LogP contribution is 2.37. The van der Waals surface area contributed by atoms with Crippen molar-refractivity contribution < 1.29 is 18.7 Å². The molecule has 254 valence electrons. The molecule has 1 N–H and O–H groups in total. The number of methoxy groups -OCH3 is 1. The molecule has 3 rings (SSSR count). The summed E-state index contributed by atoms with van der Waals surface area (Å²) < 4.78 is 10.3. The lowest BCUT2D eigenvalue weighted by molar-refractivity contribution is -0.116. The number of aromatic nitrogens is 1. The van der Waals surface area contributed by atoms with Gasteiger partial charge < -0.3 is 14.5 Å². The molecule has 0 saturated heterocycles. The number of rotatable bonds is 14. The maximum absolute atomic E-state index is 12.3. The number of hydrogen-bond donors (Lipinski definition) is 1. The molecule has 0 saturated carbocycles. The van der Waals surface area contributed by atoms with E-state index < -0.39 is 0 Å². The van der Waals surface area contributed by atoms with Crippen molar-refractivity contribution in [1.82, 2.24) is 10.3 Å². The number of nitrogens with zero attached hydrogens (tertiary/aromatic N) is 1. The van der Waals surface area contributed by atoms with Gasteiger partial charge in [-0.25, -0.2) is 0 Å². The third-order valence-corrected chi connectivity index (χ3v) is 7.99. The molecule has 2 heterocycles. The van der Waals surface area contributed by atoms with E-state index in [1.807, 2.05) is 6.07 Å². The number of allylic oxidation sites excluding steroid dienone is 6. The normalized spacial score (nSPS) is 13.0. The van der Waals surface area contributed by atoms with Crippen molar-refractivity contribution in [1.29, 1.82) is 0 Å². The fraction of sp³-hybridized carbons (Fsp3) is 0.615. The number of amides is 1. The number of ketones is 1. The van der Waals surface area contributed by atoms with E-state index in [4.69, 9.17) is 9.15 Å². The Labute approximate surface area is 275 Å². The van der Waals surface area contributed by atoms with Crippen LogP contribution in [0.2, 0.25) is 0 Å². The first kappa shape index (κ1) is 42.0. The molecule has 1 amide bonds. The predicted molar refractivity (Wildman–Crippen MR) is 192 cm³/mol. The van der Waals surface area contributed by atoms with Crippen LogP contribution in [-0.4, -0.2) is 36.9 Å². The highest BCUT2D eigenvalue weighted by atomic mass is 16.5. The summed E-state index contributed by atoms with van der Waals surface area (Å²) >= 11 is 0. The summed E-state index contributed by atoms with van der Waals surface area (Å²) in [6, 6.07) is 3.62. The lowest BCUT2D eigenvalue weighted by atomic mass is 9.71. The Kier molecular flexibility index (Phi) is 23.6. The van der Waals surface area contributed by atoms with E-state index in [9.17, 15) is 9.59 Å². The van der Waals surface area contributed by atoms with Crippen LogP contribution in [0.1, 0.15) is 137 Å². The van der Waals surface area contributed by atoms with Crippen molar-refractivity contribution in [3.05, 3.63) is 65.7 Å². The van der Waals surface area contributed by atoms with Gasteiger partial charge in [-0.1, -0.05) is 111 Å². The molecule has 1 aliphatic rings. The number of ether oxygens (including phenoxy) is 1. The first-order valence-corrected chi connectivity index (χ1v) is 17.2. The summed E-state index contributed by atoms with van der Waals surface area (Å²) in [4.78, 5) is 27.2. The number of pyridine rings is 1. The minimum absolute atomic E-state index is 0.150. The molecular formula is C39H64N2O4. The Balaban J connectivity index is 0.000000735. The zero-order valence-corrected chi connectivity index (χ0v) is 30.3. The van der Waals surface area contributed by atoms with Crippen molar-refractivity contribution in [3.8, 4) is 0 Å². The lowest BCUT2D eigenvalue weighted by Gasteiger charge is -2.35. The summed E-state index contributed by atoms with van der Waals surface area (Å²) in [5, 5.41) is 3.93. The zero-order chi connectivity index (χ0) is 34.1. The van der Waals surface area contributed by atoms with Gasteiger partial charge in [-0.2, -0.15) is 0 Å². The molecule has 2 aromatic rings. The minimum atomic E-state index is -0.150. The largest absolute Gasteiger partial charge is 0.449 e. The van der Waals surface area contributed by atoms with Crippen LogP contribution in [0.3, 0.4) is 0 Å². The number of Topliss-reactive ketones (excluding diaryl/α,β-unsaturated/α-hetero) is 1. The molecule has 0 fully saturated rings. The summed E-state index contributed by atoms with van der Waals surface area (Å²) in [5.74, 6) is 0.877. The van der Waals surface area contributed by atoms with Crippen molar-refractivity contribution >= 4 is 22.7 Å². The Morgan fingerprint density at radius 2 is 1.69 bits per heavy atom. The summed E-state index contributed by atoms with van der Waals surface area (Å²) in [5.41, 5.74) is 3.47. The van der Waals surface area contributed by atoms with Gasteiger partial charge in [0.2, 0.25) is 0 Å². The fourth-order valence-electron chi connectivity index (χ4n) is 4.94. The highest BCUT2D eigenvalue weighted by Gasteiger charge is 2.29. The molecule has 0 spiro atoms. The number of carbonyl (C=O) groups excluding carboxylic acids is 2. The molecule has 1 unspecified atom stereocenters. The Morgan fingerprint density at radius 1 is 1.02 bits per heavy atom. The van der Waals surface area contributed by atoms with Crippen LogP contribution >= 0.6 is 0 Å². The van der Waals surface area contributed by atoms with Gasteiger partial charge in [0.25, 0.3) is 5.91 Å². The molecule has 1 aliphatic carbocycles. The maximum atomic E-state index is 12.3. The molecular weight excluding hydrogens is 560 g/mol. The van der Waals surface area contributed by atoms with E-state index in [0.717, 1.165) is 31.3 Å². The summed E-state index contributed by atoms with van der Waals surface area (Å²) in [6.45, 7) is 20.8. The van der Waals surface area contributed by atoms with E-state index in [1.54, 1.807) is 32.5 Å². The van der Waals surface area contributed by atoms with Gasteiger partial charge >= 0.3 is 0 Å². The average molecular weight is 625 g/mol. The number of nitrogens with one attached hydrogen (secondary N) is 1. The Bertz CT molecular complexity index is 1130. The first-order valence-electron chi connectivity index (χ1n) is 17.2. The monoisotopic (exact) mass is 624 g/mol. The standard InChI is InChI=1S/C19H28N2O2.C12H16O.C4H10O.C4H10/c1-5-8-19(4,9-6-2)14(3)12-21-18(22)16-11-15-7-10-20-13-17(15)23-16;1-3-11-5-4-6-12(8-7-11)9-10(2)13;1-3-4-5-2;1-3-4-2/h7,10-11,13-14H,5-6,8-9,12H2,1-4H3,(H,21,22);4-5,7-8H,3,6,9H2,1-2H3;3-4H2,1-2H3;3-4H2,1-2H3. The molecule has 45 heavy (non-hydrogen) atoms. The highest BCUT2D eigenvalue weighted by molar-refractivity contribution is 5.95. The van der Waals surface area contributed by atoms with Crippen LogP contribution in [0, 0.1) is 11.3 Å². The van der Waals surface area contributed by atoms with Gasteiger partial charge in [0, 0.05) is 38.3 Å². The van der Waals surface area contributed by atoms with Crippen molar-refractivity contribution in [2.75, 3.05) is 20.3 Å². The number of fused-ring (bicyclic) bond motifs is 1. The predicted octanol–water partition coefficient (Wildman–Crippen LogP) is 10.8. The van der Waals surface area contributed by atoms with Crippen molar-refractivity contribution in [2.45, 2.75) is 127 Å². The van der Waals surface area contributed by atoms with Crippen LogP contribution in [0.4, 0.5) is 0 Å². The third kappa shape index (κ3) is 17.9. The number of carbonyl (C=O) groups is 2. The topological polar surface area (TPSA) is 81.4 Å². The first-order chi connectivity index (χ1) is 21.5. The van der Waals surface area contributed by atoms with Crippen LogP contribution in [-0.2, 0) is 9.53 Å². The van der Waals surface area contributed by atoms with Crippen LogP contribution < -0.4 is 5.32 Å². The van der Waals surface area contributed by atoms with Crippen LogP contribution in [0.15, 0.2) is 64.4 Å². The molecule has 0 aromatic carbocycles. The molecule has 2 aromatic heterocycles. The van der Waals surface area contributed by atoms with E-state index in [0.29, 0.717) is 30.2 Å². The van der Waals surface area contributed by atoms with E-state index >= 15 is 0 Å². The van der Waals surface area contributed by atoms with E-state index in [2.05, 4.69) is 90.0 Å². The average Bonchev–Trinajstić information content (AvgIpc) is 3.34. The van der Waals surface area contributed by atoms with Gasteiger partial charge in [-0.15, -0.1) is 0 Å². The van der Waals surface area contributed by atoms with E-state index in [1.165, 1.54) is 49.7 Å². The number of furan rings is 1. The second-order valence-corrected chi connectivity index (χ2v) is 12.2. The fourth-order valence-corrected chi connectivity index (χ4v) is 4.94. The van der Waals surface area contributed by atoms with Gasteiger partial charge in [0.1, 0.15) is 5.78 Å². The van der Waals surface area contributed by atoms with Crippen molar-refractivity contribution in [3.63, 3.8) is 0 Å². The third-order valence-electron chi connectivity index (χ3n) is 7.99. The van der Waals surface area contributed by atoms with Crippen LogP contribution in [0.5, 0.6) is 0 Å². The molecule has 0 aliphatic heterocycles. The second-order valence-electron chi connectivity index (χ2n) is 12.2. The summed E-state index contributed by atoms with van der Waals surface area (Å²) in [6.07, 6.45) is 22.9. The van der Waals surface area contributed by atoms with Crippen molar-refractivity contribution in [2.24, 2.45) is 11.3 Å². The summed E-state index contributed by atoms with van der Waals surface area (Å²) in [7, 11) is 1.71. The van der Waals surface area contributed by atoms with Gasteiger partial charge in [0.15, 0.2) is 11.3 Å². The molecule has 0 bridgehead atoms. The Hall–Kier alpha value is -2.99. The smallest absolute Gasteiger partial charge is 0.287 e. The number of unbranched alkanes of at least 4 members (excludes halogenated alkanes) is 1. The zero-order valence-electron chi connectivity index (χ0n) is 30.3.